The number of hydrogen-bond donors (Lipinski definition) is 1. The van der Waals surface area contributed by atoms with E-state index in [2.05, 4.69) is 15.5 Å². The van der Waals surface area contributed by atoms with E-state index in [1.54, 1.807) is 17.8 Å². The third kappa shape index (κ3) is 5.46. The van der Waals surface area contributed by atoms with Gasteiger partial charge in [0, 0.05) is 40.2 Å². The summed E-state index contributed by atoms with van der Waals surface area (Å²) >= 11 is 8.89. The Morgan fingerprint density at radius 3 is 2.64 bits per heavy atom. The molecule has 0 radical (unpaired) electrons. The van der Waals surface area contributed by atoms with Crippen molar-refractivity contribution in [1.29, 1.82) is 0 Å². The van der Waals surface area contributed by atoms with Crippen molar-refractivity contribution in [1.82, 2.24) is 10.2 Å². The van der Waals surface area contributed by atoms with Gasteiger partial charge in [-0.25, -0.2) is 0 Å². The van der Waals surface area contributed by atoms with Crippen LogP contribution in [0.5, 0.6) is 0 Å². The van der Waals surface area contributed by atoms with Crippen LogP contribution in [-0.2, 0) is 10.5 Å². The molecule has 0 spiro atoms. The van der Waals surface area contributed by atoms with Gasteiger partial charge in [-0.15, -0.1) is 22.0 Å². The number of halogens is 1. The number of benzene rings is 3. The summed E-state index contributed by atoms with van der Waals surface area (Å²) in [6.45, 7) is 2.55. The molecule has 1 aliphatic heterocycles. The molecule has 1 aromatic heterocycles. The van der Waals surface area contributed by atoms with Crippen LogP contribution < -0.4 is 10.2 Å². The second-order valence-corrected chi connectivity index (χ2v) is 11.0. The normalized spacial score (nSPS) is 15.3. The Kier molecular flexibility index (Phi) is 7.36. The highest BCUT2D eigenvalue weighted by molar-refractivity contribution is 7.98. The van der Waals surface area contributed by atoms with Crippen LogP contribution in [0.15, 0.2) is 77.7 Å². The van der Waals surface area contributed by atoms with Crippen LogP contribution in [0.4, 0.5) is 10.8 Å². The molecule has 0 bridgehead atoms. The molecular weight excluding hydrogens is 512 g/mol. The van der Waals surface area contributed by atoms with Gasteiger partial charge in [0.05, 0.1) is 5.56 Å². The Morgan fingerprint density at radius 1 is 1.08 bits per heavy atom. The topological polar surface area (TPSA) is 75.2 Å². The minimum atomic E-state index is -0.235. The minimum Gasteiger partial charge on any atom is -0.311 e. The first kappa shape index (κ1) is 24.5. The number of thioether (sulfide) groups is 1. The van der Waals surface area contributed by atoms with E-state index in [4.69, 9.17) is 11.6 Å². The van der Waals surface area contributed by atoms with Crippen LogP contribution in [0.3, 0.4) is 0 Å². The van der Waals surface area contributed by atoms with Crippen molar-refractivity contribution in [3.05, 3.63) is 99.5 Å². The highest BCUT2D eigenvalue weighted by atomic mass is 35.5. The Balaban J connectivity index is 1.25. The molecule has 0 aliphatic carbocycles. The van der Waals surface area contributed by atoms with Crippen molar-refractivity contribution >= 4 is 57.3 Å². The van der Waals surface area contributed by atoms with Gasteiger partial charge in [0.2, 0.25) is 11.0 Å². The maximum absolute atomic E-state index is 13.1. The molecule has 9 heteroatoms. The zero-order valence-corrected chi connectivity index (χ0v) is 21.9. The number of nitrogens with zero attached hydrogens (tertiary/aromatic N) is 3. The lowest BCUT2D eigenvalue weighted by atomic mass is 10.1. The summed E-state index contributed by atoms with van der Waals surface area (Å²) < 4.78 is 0. The van der Waals surface area contributed by atoms with Gasteiger partial charge in [0.1, 0.15) is 5.01 Å². The van der Waals surface area contributed by atoms with Crippen molar-refractivity contribution < 1.29 is 9.59 Å². The number of rotatable bonds is 7. The number of aromatic nitrogens is 2. The van der Waals surface area contributed by atoms with E-state index in [0.29, 0.717) is 28.7 Å². The minimum absolute atomic E-state index is 0.0533. The maximum atomic E-state index is 13.1. The Bertz CT molecular complexity index is 1410. The fourth-order valence-electron chi connectivity index (χ4n) is 4.11. The number of carbonyl (C=O) groups excluding carboxylic acids is 2. The van der Waals surface area contributed by atoms with Gasteiger partial charge in [-0.2, -0.15) is 0 Å². The molecule has 1 N–H and O–H groups in total. The van der Waals surface area contributed by atoms with Crippen molar-refractivity contribution in [2.24, 2.45) is 0 Å². The van der Waals surface area contributed by atoms with E-state index >= 15 is 0 Å². The highest BCUT2D eigenvalue weighted by Crippen LogP contribution is 2.35. The van der Waals surface area contributed by atoms with Crippen LogP contribution in [-0.4, -0.2) is 28.6 Å². The van der Waals surface area contributed by atoms with Crippen LogP contribution in [0.1, 0.15) is 38.8 Å². The lowest BCUT2D eigenvalue weighted by Gasteiger charge is -2.18. The predicted octanol–water partition coefficient (Wildman–Crippen LogP) is 6.57. The summed E-state index contributed by atoms with van der Waals surface area (Å²) in [5.41, 5.74) is 3.69. The van der Waals surface area contributed by atoms with E-state index in [9.17, 15) is 9.59 Å². The molecular formula is C27H23ClN4O2S2. The van der Waals surface area contributed by atoms with Crippen molar-refractivity contribution in [2.75, 3.05) is 16.8 Å². The number of anilines is 2. The summed E-state index contributed by atoms with van der Waals surface area (Å²) in [6.07, 6.45) is 0.376. The van der Waals surface area contributed by atoms with Crippen molar-refractivity contribution in [2.45, 2.75) is 29.9 Å². The van der Waals surface area contributed by atoms with Gasteiger partial charge in [-0.05, 0) is 48.4 Å². The molecule has 6 nitrogen and oxygen atoms in total. The highest BCUT2D eigenvalue weighted by Gasteiger charge is 2.34. The molecule has 182 valence electrons. The molecule has 1 saturated heterocycles. The molecule has 0 saturated carbocycles. The molecule has 1 aliphatic rings. The molecule has 1 fully saturated rings. The average Bonchev–Trinajstić information content (AvgIpc) is 3.50. The first-order chi connectivity index (χ1) is 17.5. The number of aryl methyl sites for hydroxylation is 1. The monoisotopic (exact) mass is 534 g/mol. The van der Waals surface area contributed by atoms with E-state index in [1.165, 1.54) is 11.3 Å². The lowest BCUT2D eigenvalue weighted by Crippen LogP contribution is -2.25. The molecule has 2 heterocycles. The molecule has 1 atom stereocenters. The molecule has 4 aromatic rings. The molecule has 2 amide bonds. The van der Waals surface area contributed by atoms with Crippen molar-refractivity contribution in [3.8, 4) is 0 Å². The van der Waals surface area contributed by atoms with Gasteiger partial charge >= 0.3 is 0 Å². The lowest BCUT2D eigenvalue weighted by molar-refractivity contribution is -0.117. The first-order valence-corrected chi connectivity index (χ1v) is 13.6. The van der Waals surface area contributed by atoms with Crippen LogP contribution in [0, 0.1) is 6.92 Å². The fraction of sp³-hybridized carbons (Fsp3) is 0.185. The Labute approximate surface area is 222 Å². The number of para-hydroxylation sites is 1. The fourth-order valence-corrected chi connectivity index (χ4v) is 6.07. The number of nitrogens with one attached hydrogen (secondary N) is 1. The number of hydrogen-bond acceptors (Lipinski definition) is 6. The number of amides is 2. The molecule has 3 aromatic carbocycles. The van der Waals surface area contributed by atoms with Crippen LogP contribution in [0.2, 0.25) is 5.02 Å². The van der Waals surface area contributed by atoms with E-state index in [0.717, 1.165) is 32.5 Å². The van der Waals surface area contributed by atoms with Gasteiger partial charge < -0.3 is 4.90 Å². The standard InChI is InChI=1S/C27H23ClN4O2S2/c1-17-6-2-4-8-22(17)32-15-19(14-24(32)33)26-30-31-27(36-26)29-25(34)21-7-3-5-9-23(21)35-16-18-10-12-20(28)13-11-18/h2-13,19H,14-16H2,1H3,(H,29,31,34). The summed E-state index contributed by atoms with van der Waals surface area (Å²) in [7, 11) is 0. The second-order valence-electron chi connectivity index (χ2n) is 8.50. The molecule has 5 rings (SSSR count). The summed E-state index contributed by atoms with van der Waals surface area (Å²) in [4.78, 5) is 28.5. The third-order valence-corrected chi connectivity index (χ3v) is 8.38. The average molecular weight is 535 g/mol. The Hall–Kier alpha value is -3.20. The van der Waals surface area contributed by atoms with E-state index in [1.807, 2.05) is 78.6 Å². The van der Waals surface area contributed by atoms with Gasteiger partial charge in [0.25, 0.3) is 5.91 Å². The van der Waals surface area contributed by atoms with Crippen molar-refractivity contribution in [3.63, 3.8) is 0 Å². The summed E-state index contributed by atoms with van der Waals surface area (Å²) in [5, 5.41) is 13.2. The summed E-state index contributed by atoms with van der Waals surface area (Å²) in [5.74, 6) is 0.502. The van der Waals surface area contributed by atoms with Gasteiger partial charge in [0.15, 0.2) is 0 Å². The quantitative estimate of drug-likeness (QED) is 0.271. The third-order valence-electron chi connectivity index (χ3n) is 5.98. The molecule has 1 unspecified atom stereocenters. The predicted molar refractivity (Wildman–Crippen MR) is 146 cm³/mol. The molecule has 36 heavy (non-hydrogen) atoms. The largest absolute Gasteiger partial charge is 0.311 e. The van der Waals surface area contributed by atoms with E-state index < -0.39 is 0 Å². The zero-order chi connectivity index (χ0) is 25.1. The maximum Gasteiger partial charge on any atom is 0.258 e. The van der Waals surface area contributed by atoms with Crippen LogP contribution in [0.25, 0.3) is 0 Å². The van der Waals surface area contributed by atoms with Gasteiger partial charge in [-0.1, -0.05) is 65.4 Å². The van der Waals surface area contributed by atoms with E-state index in [-0.39, 0.29) is 17.7 Å². The SMILES string of the molecule is Cc1ccccc1N1CC(c2nnc(NC(=O)c3ccccc3SCc3ccc(Cl)cc3)s2)CC1=O. The second kappa shape index (κ2) is 10.8. The summed E-state index contributed by atoms with van der Waals surface area (Å²) in [6, 6.07) is 23.1. The first-order valence-electron chi connectivity index (χ1n) is 11.4. The Morgan fingerprint density at radius 2 is 1.83 bits per heavy atom. The zero-order valence-electron chi connectivity index (χ0n) is 19.5. The van der Waals surface area contributed by atoms with Gasteiger partial charge in [-0.3, -0.25) is 14.9 Å². The smallest absolute Gasteiger partial charge is 0.258 e. The van der Waals surface area contributed by atoms with Crippen LogP contribution >= 0.6 is 34.7 Å². The number of carbonyl (C=O) groups is 2.